The molecule has 0 aliphatic heterocycles. The van der Waals surface area contributed by atoms with Crippen LogP contribution < -0.4 is 10.6 Å². The zero-order valence-electron chi connectivity index (χ0n) is 13.8. The third-order valence-corrected chi connectivity index (χ3v) is 5.60. The average Bonchev–Trinajstić information content (AvgIpc) is 2.97. The first-order valence-electron chi connectivity index (χ1n) is 7.68. The van der Waals surface area contributed by atoms with Crippen molar-refractivity contribution >= 4 is 56.5 Å². The lowest BCUT2D eigenvalue weighted by Gasteiger charge is -2.06. The molecule has 0 spiro atoms. The average molecular weight is 371 g/mol. The minimum atomic E-state index is -0.105. The third kappa shape index (κ3) is 4.58. The fourth-order valence-corrected chi connectivity index (χ4v) is 4.18. The molecule has 0 unspecified atom stereocenters. The van der Waals surface area contributed by atoms with Crippen molar-refractivity contribution in [3.63, 3.8) is 0 Å². The Hall–Kier alpha value is -2.38. The Morgan fingerprint density at radius 3 is 2.72 bits per heavy atom. The summed E-state index contributed by atoms with van der Waals surface area (Å²) in [7, 11) is 0. The number of anilines is 2. The molecule has 0 saturated carbocycles. The van der Waals surface area contributed by atoms with Crippen LogP contribution in [0.2, 0.25) is 0 Å². The number of hydrogen-bond donors (Lipinski definition) is 2. The van der Waals surface area contributed by atoms with Gasteiger partial charge in [0.05, 0.1) is 16.0 Å². The lowest BCUT2D eigenvalue weighted by molar-refractivity contribution is -0.114. The van der Waals surface area contributed by atoms with Gasteiger partial charge in [-0.05, 0) is 36.8 Å². The summed E-state index contributed by atoms with van der Waals surface area (Å²) in [4.78, 5) is 27.8. The molecule has 3 aromatic rings. The summed E-state index contributed by atoms with van der Waals surface area (Å²) in [6, 6.07) is 13.3. The summed E-state index contributed by atoms with van der Waals surface area (Å²) in [6.45, 7) is 3.44. The summed E-state index contributed by atoms with van der Waals surface area (Å²) in [5.74, 6) is 0.135. The topological polar surface area (TPSA) is 71.1 Å². The van der Waals surface area contributed by atoms with Gasteiger partial charge >= 0.3 is 0 Å². The first kappa shape index (κ1) is 17.4. The van der Waals surface area contributed by atoms with Crippen molar-refractivity contribution in [1.29, 1.82) is 0 Å². The summed E-state index contributed by atoms with van der Waals surface area (Å²) in [5.41, 5.74) is 3.47. The SMILES string of the molecule is CC(=O)Nc1ccc2nc(SCC(=O)Nc3ccccc3C)sc2c1. The highest BCUT2D eigenvalue weighted by Gasteiger charge is 2.10. The minimum Gasteiger partial charge on any atom is -0.326 e. The highest BCUT2D eigenvalue weighted by Crippen LogP contribution is 2.31. The van der Waals surface area contributed by atoms with Crippen LogP contribution in [-0.4, -0.2) is 22.6 Å². The number of benzene rings is 2. The quantitative estimate of drug-likeness (QED) is 0.656. The Morgan fingerprint density at radius 1 is 1.16 bits per heavy atom. The van der Waals surface area contributed by atoms with E-state index in [-0.39, 0.29) is 11.8 Å². The van der Waals surface area contributed by atoms with Gasteiger partial charge in [-0.3, -0.25) is 9.59 Å². The molecule has 5 nitrogen and oxygen atoms in total. The van der Waals surface area contributed by atoms with Gasteiger partial charge in [0.1, 0.15) is 0 Å². The van der Waals surface area contributed by atoms with Crippen LogP contribution in [-0.2, 0) is 9.59 Å². The molecule has 1 aromatic heterocycles. The van der Waals surface area contributed by atoms with Gasteiger partial charge in [0.2, 0.25) is 11.8 Å². The number of aromatic nitrogens is 1. The van der Waals surface area contributed by atoms with Crippen molar-refractivity contribution in [3.05, 3.63) is 48.0 Å². The predicted octanol–water partition coefficient (Wildman–Crippen LogP) is 4.29. The van der Waals surface area contributed by atoms with E-state index in [1.54, 1.807) is 0 Å². The lowest BCUT2D eigenvalue weighted by atomic mass is 10.2. The normalized spacial score (nSPS) is 10.6. The first-order valence-corrected chi connectivity index (χ1v) is 9.48. The second-order valence-corrected chi connectivity index (χ2v) is 7.75. The van der Waals surface area contributed by atoms with Crippen molar-refractivity contribution in [2.75, 3.05) is 16.4 Å². The van der Waals surface area contributed by atoms with Gasteiger partial charge in [-0.25, -0.2) is 4.98 Å². The van der Waals surface area contributed by atoms with Gasteiger partial charge in [-0.1, -0.05) is 30.0 Å². The Labute approximate surface area is 153 Å². The molecule has 2 N–H and O–H groups in total. The molecular formula is C18H17N3O2S2. The lowest BCUT2D eigenvalue weighted by Crippen LogP contribution is -2.14. The van der Waals surface area contributed by atoms with E-state index in [1.165, 1.54) is 30.0 Å². The molecule has 2 amide bonds. The number of aryl methyl sites for hydroxylation is 1. The first-order chi connectivity index (χ1) is 12.0. The number of fused-ring (bicyclic) bond motifs is 1. The molecule has 128 valence electrons. The van der Waals surface area contributed by atoms with E-state index >= 15 is 0 Å². The number of nitrogens with one attached hydrogen (secondary N) is 2. The number of thiazole rings is 1. The molecule has 1 heterocycles. The van der Waals surface area contributed by atoms with Crippen LogP contribution in [0.5, 0.6) is 0 Å². The van der Waals surface area contributed by atoms with E-state index in [4.69, 9.17) is 0 Å². The Balaban J connectivity index is 1.63. The van der Waals surface area contributed by atoms with Crippen molar-refractivity contribution in [2.24, 2.45) is 0 Å². The predicted molar refractivity (Wildman–Crippen MR) is 104 cm³/mol. The fourth-order valence-electron chi connectivity index (χ4n) is 2.27. The van der Waals surface area contributed by atoms with Crippen molar-refractivity contribution < 1.29 is 9.59 Å². The summed E-state index contributed by atoms with van der Waals surface area (Å²) in [6.07, 6.45) is 0. The highest BCUT2D eigenvalue weighted by atomic mass is 32.2. The summed E-state index contributed by atoms with van der Waals surface area (Å²) in [5, 5.41) is 5.67. The Kier molecular flexibility index (Phi) is 5.35. The van der Waals surface area contributed by atoms with Crippen LogP contribution in [0.15, 0.2) is 46.8 Å². The van der Waals surface area contributed by atoms with Crippen LogP contribution in [0.25, 0.3) is 10.2 Å². The van der Waals surface area contributed by atoms with Gasteiger partial charge < -0.3 is 10.6 Å². The number of thioether (sulfide) groups is 1. The van der Waals surface area contributed by atoms with Crippen LogP contribution in [0.4, 0.5) is 11.4 Å². The molecule has 2 aromatic carbocycles. The van der Waals surface area contributed by atoms with E-state index in [2.05, 4.69) is 15.6 Å². The van der Waals surface area contributed by atoms with Gasteiger partial charge in [-0.15, -0.1) is 11.3 Å². The summed E-state index contributed by atoms with van der Waals surface area (Å²) < 4.78 is 1.81. The van der Waals surface area contributed by atoms with Crippen LogP contribution >= 0.6 is 23.1 Å². The van der Waals surface area contributed by atoms with Gasteiger partial charge in [0.15, 0.2) is 4.34 Å². The van der Waals surface area contributed by atoms with Crippen molar-refractivity contribution in [2.45, 2.75) is 18.2 Å². The zero-order valence-corrected chi connectivity index (χ0v) is 15.5. The molecule has 25 heavy (non-hydrogen) atoms. The smallest absolute Gasteiger partial charge is 0.234 e. The molecule has 0 fully saturated rings. The molecule has 0 aliphatic carbocycles. The van der Waals surface area contributed by atoms with E-state index < -0.39 is 0 Å². The molecule has 0 bridgehead atoms. The number of nitrogens with zero attached hydrogens (tertiary/aromatic N) is 1. The number of carbonyl (C=O) groups excluding carboxylic acids is 2. The zero-order chi connectivity index (χ0) is 17.8. The monoisotopic (exact) mass is 371 g/mol. The van der Waals surface area contributed by atoms with Gasteiger partial charge in [0.25, 0.3) is 0 Å². The number of hydrogen-bond acceptors (Lipinski definition) is 5. The van der Waals surface area contributed by atoms with Crippen LogP contribution in [0.3, 0.4) is 0 Å². The number of amides is 2. The van der Waals surface area contributed by atoms with Crippen LogP contribution in [0.1, 0.15) is 12.5 Å². The maximum Gasteiger partial charge on any atom is 0.234 e. The van der Waals surface area contributed by atoms with Gasteiger partial charge in [0, 0.05) is 18.3 Å². The molecule has 7 heteroatoms. The molecule has 0 radical (unpaired) electrons. The maximum atomic E-state index is 12.1. The van der Waals surface area contributed by atoms with E-state index in [9.17, 15) is 9.59 Å². The van der Waals surface area contributed by atoms with Gasteiger partial charge in [-0.2, -0.15) is 0 Å². The van der Waals surface area contributed by atoms with E-state index in [0.717, 1.165) is 31.5 Å². The summed E-state index contributed by atoms with van der Waals surface area (Å²) >= 11 is 2.92. The second-order valence-electron chi connectivity index (χ2n) is 5.50. The Morgan fingerprint density at radius 2 is 1.96 bits per heavy atom. The molecule has 0 aliphatic rings. The van der Waals surface area contributed by atoms with Crippen molar-refractivity contribution in [3.8, 4) is 0 Å². The minimum absolute atomic E-state index is 0.0579. The molecular weight excluding hydrogens is 354 g/mol. The molecule has 0 atom stereocenters. The van der Waals surface area contributed by atoms with Crippen molar-refractivity contribution in [1.82, 2.24) is 4.98 Å². The third-order valence-electron chi connectivity index (χ3n) is 3.44. The van der Waals surface area contributed by atoms with E-state index in [0.29, 0.717) is 5.75 Å². The number of rotatable bonds is 5. The second kappa shape index (κ2) is 7.67. The van der Waals surface area contributed by atoms with E-state index in [1.807, 2.05) is 49.4 Å². The largest absolute Gasteiger partial charge is 0.326 e. The molecule has 3 rings (SSSR count). The fraction of sp³-hybridized carbons (Fsp3) is 0.167. The number of carbonyl (C=O) groups is 2. The maximum absolute atomic E-state index is 12.1. The number of para-hydroxylation sites is 1. The molecule has 0 saturated heterocycles. The Bertz CT molecular complexity index is 937. The highest BCUT2D eigenvalue weighted by molar-refractivity contribution is 8.01. The standard InChI is InChI=1S/C18H17N3O2S2/c1-11-5-3-4-6-14(11)20-17(23)10-24-18-21-15-8-7-13(19-12(2)22)9-16(15)25-18/h3-9H,10H2,1-2H3,(H,19,22)(H,20,23). The van der Waals surface area contributed by atoms with Crippen LogP contribution in [0, 0.1) is 6.92 Å².